The average molecular weight is 300 g/mol. The summed E-state index contributed by atoms with van der Waals surface area (Å²) in [6.07, 6.45) is 0. The number of aromatic nitrogens is 3. The van der Waals surface area contributed by atoms with E-state index >= 15 is 0 Å². The number of ether oxygens (including phenoxy) is 1. The summed E-state index contributed by atoms with van der Waals surface area (Å²) in [6, 6.07) is 17.8. The van der Waals surface area contributed by atoms with Gasteiger partial charge in [-0.3, -0.25) is 4.57 Å². The van der Waals surface area contributed by atoms with Crippen LogP contribution in [0.2, 0.25) is 5.28 Å². The van der Waals surface area contributed by atoms with Crippen LogP contribution in [0.4, 0.5) is 0 Å². The lowest BCUT2D eigenvalue weighted by atomic mass is 10.2. The van der Waals surface area contributed by atoms with E-state index in [0.29, 0.717) is 11.9 Å². The van der Waals surface area contributed by atoms with E-state index in [2.05, 4.69) is 10.2 Å². The molecule has 5 heteroatoms. The Morgan fingerprint density at radius 3 is 2.62 bits per heavy atom. The topological polar surface area (TPSA) is 39.9 Å². The van der Waals surface area contributed by atoms with Crippen LogP contribution in [0, 0.1) is 0 Å². The summed E-state index contributed by atoms with van der Waals surface area (Å²) in [4.78, 5) is 0. The summed E-state index contributed by atoms with van der Waals surface area (Å²) in [5.41, 5.74) is 2.95. The Bertz CT molecular complexity index is 740. The Morgan fingerprint density at radius 2 is 1.86 bits per heavy atom. The first kappa shape index (κ1) is 13.8. The van der Waals surface area contributed by atoms with Crippen molar-refractivity contribution >= 4 is 11.6 Å². The third kappa shape index (κ3) is 2.82. The zero-order chi connectivity index (χ0) is 14.7. The van der Waals surface area contributed by atoms with Crippen molar-refractivity contribution in [1.82, 2.24) is 14.8 Å². The lowest BCUT2D eigenvalue weighted by Gasteiger charge is -2.09. The Balaban J connectivity index is 2.11. The summed E-state index contributed by atoms with van der Waals surface area (Å²) in [5, 5.41) is 8.52. The summed E-state index contributed by atoms with van der Waals surface area (Å²) in [5.74, 6) is 0.718. The first-order chi connectivity index (χ1) is 10.3. The molecular weight excluding hydrogens is 286 g/mol. The van der Waals surface area contributed by atoms with Gasteiger partial charge in [0.25, 0.3) is 0 Å². The molecule has 0 aliphatic carbocycles. The normalized spacial score (nSPS) is 10.8. The molecule has 0 saturated carbocycles. The maximum atomic E-state index is 6.22. The van der Waals surface area contributed by atoms with Gasteiger partial charge in [-0.2, -0.15) is 0 Å². The molecule has 0 aliphatic rings. The third-order valence-electron chi connectivity index (χ3n) is 3.14. The van der Waals surface area contributed by atoms with Crippen LogP contribution >= 0.6 is 11.6 Å². The van der Waals surface area contributed by atoms with Gasteiger partial charge in [-0.15, -0.1) is 10.2 Å². The Kier molecular flexibility index (Phi) is 3.99. The van der Waals surface area contributed by atoms with E-state index < -0.39 is 0 Å². The first-order valence-corrected chi connectivity index (χ1v) is 6.92. The number of rotatable bonds is 4. The van der Waals surface area contributed by atoms with Crippen molar-refractivity contribution < 1.29 is 4.74 Å². The molecule has 0 N–H and O–H groups in total. The van der Waals surface area contributed by atoms with Crippen LogP contribution in [0.15, 0.2) is 54.6 Å². The van der Waals surface area contributed by atoms with Crippen LogP contribution in [-0.4, -0.2) is 21.9 Å². The SMILES string of the molecule is COCc1cccc(-n2c(Cl)nnc2-c2ccccc2)c1. The second kappa shape index (κ2) is 6.08. The lowest BCUT2D eigenvalue weighted by Crippen LogP contribution is -1.99. The number of methoxy groups -OCH3 is 1. The molecule has 1 heterocycles. The van der Waals surface area contributed by atoms with Gasteiger partial charge < -0.3 is 4.74 Å². The van der Waals surface area contributed by atoms with E-state index in [4.69, 9.17) is 16.3 Å². The molecule has 21 heavy (non-hydrogen) atoms. The molecule has 0 spiro atoms. The minimum atomic E-state index is 0.336. The van der Waals surface area contributed by atoms with E-state index in [-0.39, 0.29) is 0 Å². The molecule has 0 saturated heterocycles. The van der Waals surface area contributed by atoms with E-state index in [9.17, 15) is 0 Å². The zero-order valence-corrected chi connectivity index (χ0v) is 12.3. The summed E-state index contributed by atoms with van der Waals surface area (Å²) in [7, 11) is 1.67. The molecule has 3 rings (SSSR count). The number of hydrogen-bond donors (Lipinski definition) is 0. The molecular formula is C16H14ClN3O. The monoisotopic (exact) mass is 299 g/mol. The van der Waals surface area contributed by atoms with Crippen LogP contribution in [0.1, 0.15) is 5.56 Å². The van der Waals surface area contributed by atoms with Crippen molar-refractivity contribution in [2.24, 2.45) is 0 Å². The molecule has 0 radical (unpaired) electrons. The molecule has 0 atom stereocenters. The van der Waals surface area contributed by atoms with Gasteiger partial charge in [-0.1, -0.05) is 42.5 Å². The van der Waals surface area contributed by atoms with Crippen LogP contribution in [0.25, 0.3) is 17.1 Å². The van der Waals surface area contributed by atoms with E-state index in [1.54, 1.807) is 7.11 Å². The molecule has 0 fully saturated rings. The maximum Gasteiger partial charge on any atom is 0.229 e. The van der Waals surface area contributed by atoms with Crippen LogP contribution in [0.3, 0.4) is 0 Å². The molecule has 3 aromatic rings. The maximum absolute atomic E-state index is 6.22. The highest BCUT2D eigenvalue weighted by Gasteiger charge is 2.14. The Labute approximate surface area is 128 Å². The summed E-state index contributed by atoms with van der Waals surface area (Å²) >= 11 is 6.22. The molecule has 1 aromatic heterocycles. The second-order valence-corrected chi connectivity index (χ2v) is 4.94. The third-order valence-corrected chi connectivity index (χ3v) is 3.38. The summed E-state index contributed by atoms with van der Waals surface area (Å²) in [6.45, 7) is 0.550. The average Bonchev–Trinajstić information content (AvgIpc) is 2.90. The predicted octanol–water partition coefficient (Wildman–Crippen LogP) is 3.73. The minimum absolute atomic E-state index is 0.336. The highest BCUT2D eigenvalue weighted by molar-refractivity contribution is 6.28. The van der Waals surface area contributed by atoms with Crippen molar-refractivity contribution in [1.29, 1.82) is 0 Å². The van der Waals surface area contributed by atoms with Crippen molar-refractivity contribution in [3.63, 3.8) is 0 Å². The Morgan fingerprint density at radius 1 is 1.05 bits per heavy atom. The standard InChI is InChI=1S/C16H14ClN3O/c1-21-11-12-6-5-9-14(10-12)20-15(18-19-16(20)17)13-7-3-2-4-8-13/h2-10H,11H2,1H3. The molecule has 0 unspecified atom stereocenters. The van der Waals surface area contributed by atoms with Crippen LogP contribution in [0.5, 0.6) is 0 Å². The minimum Gasteiger partial charge on any atom is -0.380 e. The van der Waals surface area contributed by atoms with Gasteiger partial charge >= 0.3 is 0 Å². The van der Waals surface area contributed by atoms with Crippen LogP contribution in [-0.2, 0) is 11.3 Å². The smallest absolute Gasteiger partial charge is 0.229 e. The van der Waals surface area contributed by atoms with Crippen molar-refractivity contribution in [2.75, 3.05) is 7.11 Å². The van der Waals surface area contributed by atoms with Crippen molar-refractivity contribution in [2.45, 2.75) is 6.61 Å². The fraction of sp³-hybridized carbons (Fsp3) is 0.125. The Hall–Kier alpha value is -2.17. The number of nitrogens with zero attached hydrogens (tertiary/aromatic N) is 3. The highest BCUT2D eigenvalue weighted by atomic mass is 35.5. The molecule has 0 bridgehead atoms. The number of halogens is 1. The quantitative estimate of drug-likeness (QED) is 0.737. The first-order valence-electron chi connectivity index (χ1n) is 6.54. The van der Waals surface area contributed by atoms with E-state index in [1.807, 2.05) is 59.2 Å². The molecule has 0 aliphatic heterocycles. The van der Waals surface area contributed by atoms with Gasteiger partial charge in [-0.25, -0.2) is 0 Å². The van der Waals surface area contributed by atoms with Gasteiger partial charge in [0, 0.05) is 12.7 Å². The highest BCUT2D eigenvalue weighted by Crippen LogP contribution is 2.25. The number of benzene rings is 2. The molecule has 106 valence electrons. The van der Waals surface area contributed by atoms with Crippen molar-refractivity contribution in [3.8, 4) is 17.1 Å². The second-order valence-electron chi connectivity index (χ2n) is 4.60. The van der Waals surface area contributed by atoms with E-state index in [1.165, 1.54) is 0 Å². The molecule has 4 nitrogen and oxygen atoms in total. The van der Waals surface area contributed by atoms with Gasteiger partial charge in [0.15, 0.2) is 5.82 Å². The van der Waals surface area contributed by atoms with Crippen molar-refractivity contribution in [3.05, 3.63) is 65.4 Å². The predicted molar refractivity (Wildman–Crippen MR) is 82.5 cm³/mol. The van der Waals surface area contributed by atoms with Gasteiger partial charge in [0.2, 0.25) is 5.28 Å². The zero-order valence-electron chi connectivity index (χ0n) is 11.5. The molecule has 0 amide bonds. The fourth-order valence-corrected chi connectivity index (χ4v) is 2.44. The van der Waals surface area contributed by atoms with Crippen LogP contribution < -0.4 is 0 Å². The van der Waals surface area contributed by atoms with Gasteiger partial charge in [0.05, 0.1) is 12.3 Å². The fourth-order valence-electron chi connectivity index (χ4n) is 2.22. The van der Waals surface area contributed by atoms with E-state index in [0.717, 1.165) is 22.6 Å². The number of hydrogen-bond acceptors (Lipinski definition) is 3. The molecule has 2 aromatic carbocycles. The summed E-state index contributed by atoms with van der Waals surface area (Å²) < 4.78 is 7.00. The van der Waals surface area contributed by atoms with Gasteiger partial charge in [-0.05, 0) is 29.3 Å². The lowest BCUT2D eigenvalue weighted by molar-refractivity contribution is 0.185. The van der Waals surface area contributed by atoms with Gasteiger partial charge in [0.1, 0.15) is 0 Å². The largest absolute Gasteiger partial charge is 0.380 e.